The van der Waals surface area contributed by atoms with E-state index in [1.165, 1.54) is 0 Å². The normalized spacial score (nSPS) is 26.9. The molecule has 0 saturated carbocycles. The van der Waals surface area contributed by atoms with Gasteiger partial charge in [-0.1, -0.05) is 0 Å². The summed E-state index contributed by atoms with van der Waals surface area (Å²) < 4.78 is 43.8. The SMILES string of the molecule is FC(F)(F)C1CCCN(CCCOC2CCNCC2)C1. The lowest BCUT2D eigenvalue weighted by Gasteiger charge is -2.33. The average Bonchev–Trinajstić information content (AvgIpc) is 2.44. The number of hydrogen-bond acceptors (Lipinski definition) is 3. The molecule has 3 nitrogen and oxygen atoms in total. The Hall–Kier alpha value is -0.330. The smallest absolute Gasteiger partial charge is 0.378 e. The molecule has 0 aromatic rings. The number of piperidine rings is 2. The van der Waals surface area contributed by atoms with Crippen LogP contribution < -0.4 is 5.32 Å². The molecule has 2 aliphatic heterocycles. The van der Waals surface area contributed by atoms with E-state index in [1.807, 2.05) is 4.90 Å². The lowest BCUT2D eigenvalue weighted by molar-refractivity contribution is -0.186. The first-order valence-electron chi connectivity index (χ1n) is 7.67. The van der Waals surface area contributed by atoms with Crippen molar-refractivity contribution >= 4 is 0 Å². The van der Waals surface area contributed by atoms with Gasteiger partial charge in [0, 0.05) is 19.7 Å². The topological polar surface area (TPSA) is 24.5 Å². The summed E-state index contributed by atoms with van der Waals surface area (Å²) in [4.78, 5) is 1.94. The monoisotopic (exact) mass is 294 g/mol. The zero-order valence-corrected chi connectivity index (χ0v) is 11.9. The zero-order valence-electron chi connectivity index (χ0n) is 11.9. The van der Waals surface area contributed by atoms with Crippen LogP contribution in [0.15, 0.2) is 0 Å². The summed E-state index contributed by atoms with van der Waals surface area (Å²) in [6.07, 6.45) is 0.143. The molecule has 1 unspecified atom stereocenters. The van der Waals surface area contributed by atoms with Crippen molar-refractivity contribution in [1.29, 1.82) is 0 Å². The van der Waals surface area contributed by atoms with Gasteiger partial charge in [0.15, 0.2) is 0 Å². The van der Waals surface area contributed by atoms with Crippen LogP contribution in [-0.4, -0.2) is 56.5 Å². The second kappa shape index (κ2) is 7.61. The molecular formula is C14H25F3N2O. The molecule has 1 atom stereocenters. The summed E-state index contributed by atoms with van der Waals surface area (Å²) in [5.74, 6) is -1.14. The highest BCUT2D eigenvalue weighted by Crippen LogP contribution is 2.33. The Labute approximate surface area is 118 Å². The number of hydrogen-bond donors (Lipinski definition) is 1. The van der Waals surface area contributed by atoms with Crippen LogP contribution >= 0.6 is 0 Å². The van der Waals surface area contributed by atoms with Gasteiger partial charge in [-0.05, 0) is 51.7 Å². The van der Waals surface area contributed by atoms with Crippen molar-refractivity contribution in [3.05, 3.63) is 0 Å². The third kappa shape index (κ3) is 5.22. The number of nitrogens with one attached hydrogen (secondary N) is 1. The summed E-state index contributed by atoms with van der Waals surface area (Å²) in [7, 11) is 0. The van der Waals surface area contributed by atoms with E-state index in [2.05, 4.69) is 5.32 Å². The van der Waals surface area contributed by atoms with E-state index in [-0.39, 0.29) is 13.0 Å². The molecule has 0 aliphatic carbocycles. The van der Waals surface area contributed by atoms with Crippen LogP contribution in [0.25, 0.3) is 0 Å². The highest BCUT2D eigenvalue weighted by molar-refractivity contribution is 4.78. The zero-order chi connectivity index (χ0) is 14.4. The molecule has 2 aliphatic rings. The largest absolute Gasteiger partial charge is 0.393 e. The fourth-order valence-electron chi connectivity index (χ4n) is 3.03. The first-order valence-corrected chi connectivity index (χ1v) is 7.67. The molecule has 0 amide bonds. The van der Waals surface area contributed by atoms with Crippen molar-refractivity contribution in [3.8, 4) is 0 Å². The van der Waals surface area contributed by atoms with Gasteiger partial charge in [-0.15, -0.1) is 0 Å². The second-order valence-electron chi connectivity index (χ2n) is 5.86. The fraction of sp³-hybridized carbons (Fsp3) is 1.00. The van der Waals surface area contributed by atoms with Crippen LogP contribution in [0.4, 0.5) is 13.2 Å². The van der Waals surface area contributed by atoms with Gasteiger partial charge in [0.1, 0.15) is 0 Å². The molecular weight excluding hydrogens is 269 g/mol. The molecule has 0 bridgehead atoms. The highest BCUT2D eigenvalue weighted by Gasteiger charge is 2.41. The minimum absolute atomic E-state index is 0.164. The predicted molar refractivity (Wildman–Crippen MR) is 71.7 cm³/mol. The first kappa shape index (κ1) is 16.0. The summed E-state index contributed by atoms with van der Waals surface area (Å²) in [6, 6.07) is 0. The maximum atomic E-state index is 12.7. The van der Waals surface area contributed by atoms with E-state index in [4.69, 9.17) is 4.74 Å². The first-order chi connectivity index (χ1) is 9.55. The van der Waals surface area contributed by atoms with Gasteiger partial charge in [0.05, 0.1) is 12.0 Å². The van der Waals surface area contributed by atoms with Crippen LogP contribution in [0.2, 0.25) is 0 Å². The fourth-order valence-corrected chi connectivity index (χ4v) is 3.03. The van der Waals surface area contributed by atoms with Gasteiger partial charge < -0.3 is 15.0 Å². The summed E-state index contributed by atoms with van der Waals surface area (Å²) >= 11 is 0. The van der Waals surface area contributed by atoms with Gasteiger partial charge in [0.25, 0.3) is 0 Å². The predicted octanol–water partition coefficient (Wildman–Crippen LogP) is 2.42. The van der Waals surface area contributed by atoms with Gasteiger partial charge >= 0.3 is 6.18 Å². The Kier molecular flexibility index (Phi) is 6.11. The molecule has 6 heteroatoms. The Morgan fingerprint density at radius 1 is 1.15 bits per heavy atom. The maximum Gasteiger partial charge on any atom is 0.393 e. The molecule has 0 radical (unpaired) electrons. The van der Waals surface area contributed by atoms with E-state index in [9.17, 15) is 13.2 Å². The van der Waals surface area contributed by atoms with Gasteiger partial charge in [-0.25, -0.2) is 0 Å². The molecule has 1 N–H and O–H groups in total. The maximum absolute atomic E-state index is 12.7. The van der Waals surface area contributed by atoms with Crippen molar-refractivity contribution in [2.75, 3.05) is 39.3 Å². The standard InChI is InChI=1S/C14H25F3N2O/c15-14(16,17)12-3-1-8-19(11-12)9-2-10-20-13-4-6-18-7-5-13/h12-13,18H,1-11H2. The van der Waals surface area contributed by atoms with E-state index in [0.717, 1.165) is 45.4 Å². The lowest BCUT2D eigenvalue weighted by atomic mass is 9.97. The molecule has 2 rings (SSSR count). The van der Waals surface area contributed by atoms with Crippen LogP contribution in [-0.2, 0) is 4.74 Å². The molecule has 2 saturated heterocycles. The Balaban J connectivity index is 1.59. The number of halogens is 3. The van der Waals surface area contributed by atoms with Crippen LogP contribution in [0.3, 0.4) is 0 Å². The average molecular weight is 294 g/mol. The van der Waals surface area contributed by atoms with Crippen molar-refractivity contribution in [2.45, 2.75) is 44.4 Å². The molecule has 2 fully saturated rings. The van der Waals surface area contributed by atoms with Crippen molar-refractivity contribution < 1.29 is 17.9 Å². The molecule has 2 heterocycles. The minimum Gasteiger partial charge on any atom is -0.378 e. The second-order valence-corrected chi connectivity index (χ2v) is 5.86. The minimum atomic E-state index is -4.04. The summed E-state index contributed by atoms with van der Waals surface area (Å²) in [5, 5.41) is 3.28. The van der Waals surface area contributed by atoms with Gasteiger partial charge in [0.2, 0.25) is 0 Å². The van der Waals surface area contributed by atoms with Crippen molar-refractivity contribution in [3.63, 3.8) is 0 Å². The summed E-state index contributed by atoms with van der Waals surface area (Å²) in [5.41, 5.74) is 0. The number of nitrogens with zero attached hydrogens (tertiary/aromatic N) is 1. The number of alkyl halides is 3. The van der Waals surface area contributed by atoms with Gasteiger partial charge in [-0.2, -0.15) is 13.2 Å². The van der Waals surface area contributed by atoms with Crippen molar-refractivity contribution in [2.24, 2.45) is 5.92 Å². The number of ether oxygens (including phenoxy) is 1. The summed E-state index contributed by atoms with van der Waals surface area (Å²) in [6.45, 7) is 4.35. The van der Waals surface area contributed by atoms with Crippen LogP contribution in [0, 0.1) is 5.92 Å². The highest BCUT2D eigenvalue weighted by atomic mass is 19.4. The van der Waals surface area contributed by atoms with Crippen molar-refractivity contribution in [1.82, 2.24) is 10.2 Å². The van der Waals surface area contributed by atoms with E-state index < -0.39 is 12.1 Å². The van der Waals surface area contributed by atoms with Gasteiger partial charge in [-0.3, -0.25) is 0 Å². The molecule has 0 aromatic heterocycles. The molecule has 118 valence electrons. The number of likely N-dealkylation sites (tertiary alicyclic amines) is 1. The molecule has 20 heavy (non-hydrogen) atoms. The quantitative estimate of drug-likeness (QED) is 0.788. The lowest BCUT2D eigenvalue weighted by Crippen LogP contribution is -2.42. The van der Waals surface area contributed by atoms with E-state index in [1.54, 1.807) is 0 Å². The Bertz CT molecular complexity index is 280. The van der Waals surface area contributed by atoms with Crippen LogP contribution in [0.5, 0.6) is 0 Å². The van der Waals surface area contributed by atoms with E-state index in [0.29, 0.717) is 19.1 Å². The Morgan fingerprint density at radius 2 is 1.90 bits per heavy atom. The van der Waals surface area contributed by atoms with E-state index >= 15 is 0 Å². The third-order valence-corrected chi connectivity index (χ3v) is 4.23. The molecule has 0 aromatic carbocycles. The van der Waals surface area contributed by atoms with Crippen LogP contribution in [0.1, 0.15) is 32.1 Å². The molecule has 0 spiro atoms. The third-order valence-electron chi connectivity index (χ3n) is 4.23. The number of rotatable bonds is 5. The Morgan fingerprint density at radius 3 is 2.60 bits per heavy atom.